The fourth-order valence-electron chi connectivity index (χ4n) is 5.08. The van der Waals surface area contributed by atoms with Crippen LogP contribution >= 0.6 is 0 Å². The molecule has 0 saturated heterocycles. The first kappa shape index (κ1) is 24.9. The highest BCUT2D eigenvalue weighted by Gasteiger charge is 2.27. The van der Waals surface area contributed by atoms with Gasteiger partial charge < -0.3 is 18.9 Å². The van der Waals surface area contributed by atoms with Gasteiger partial charge in [-0.15, -0.1) is 5.10 Å². The molecule has 0 aliphatic carbocycles. The Morgan fingerprint density at radius 2 is 1.85 bits per heavy atom. The summed E-state index contributed by atoms with van der Waals surface area (Å²) in [4.78, 5) is 18.6. The molecule has 200 valence electrons. The van der Waals surface area contributed by atoms with Gasteiger partial charge in [-0.2, -0.15) is 0 Å². The van der Waals surface area contributed by atoms with Crippen molar-refractivity contribution in [3.8, 4) is 11.5 Å². The Labute approximate surface area is 225 Å². The zero-order valence-corrected chi connectivity index (χ0v) is 21.7. The molecule has 0 saturated carbocycles. The van der Waals surface area contributed by atoms with E-state index in [1.165, 1.54) is 0 Å². The zero-order chi connectivity index (χ0) is 26.6. The molecule has 6 rings (SSSR count). The molecule has 39 heavy (non-hydrogen) atoms. The Balaban J connectivity index is 1.38. The summed E-state index contributed by atoms with van der Waals surface area (Å²) in [6.45, 7) is 4.60. The largest absolute Gasteiger partial charge is 0.486 e. The molecular formula is C29H30N6O4. The van der Waals surface area contributed by atoms with E-state index in [1.807, 2.05) is 48.5 Å². The van der Waals surface area contributed by atoms with E-state index in [-0.39, 0.29) is 11.6 Å². The maximum Gasteiger partial charge on any atom is 0.252 e. The van der Waals surface area contributed by atoms with Crippen LogP contribution in [-0.4, -0.2) is 43.3 Å². The maximum absolute atomic E-state index is 13.3. The molecule has 0 fully saturated rings. The number of aromatic amines is 1. The first-order valence-electron chi connectivity index (χ1n) is 13.2. The van der Waals surface area contributed by atoms with Crippen molar-refractivity contribution in [1.29, 1.82) is 0 Å². The van der Waals surface area contributed by atoms with E-state index in [0.717, 1.165) is 40.9 Å². The number of H-pyrrole nitrogens is 1. The fourth-order valence-corrected chi connectivity index (χ4v) is 5.08. The first-order valence-corrected chi connectivity index (χ1v) is 13.2. The third-order valence-corrected chi connectivity index (χ3v) is 6.93. The van der Waals surface area contributed by atoms with Crippen LogP contribution in [0.2, 0.25) is 0 Å². The molecule has 1 aliphatic rings. The summed E-state index contributed by atoms with van der Waals surface area (Å²) in [5.41, 5.74) is 2.37. The molecular weight excluding hydrogens is 496 g/mol. The van der Waals surface area contributed by atoms with Crippen molar-refractivity contribution < 1.29 is 13.9 Å². The van der Waals surface area contributed by atoms with Gasteiger partial charge in [0, 0.05) is 30.1 Å². The quantitative estimate of drug-likeness (QED) is 0.284. The minimum atomic E-state index is -0.136. The molecule has 4 heterocycles. The van der Waals surface area contributed by atoms with Crippen LogP contribution in [0, 0.1) is 0 Å². The fraction of sp³-hybridized carbons (Fsp3) is 0.310. The Morgan fingerprint density at radius 3 is 2.62 bits per heavy atom. The van der Waals surface area contributed by atoms with E-state index in [1.54, 1.807) is 10.9 Å². The van der Waals surface area contributed by atoms with Crippen LogP contribution in [0.1, 0.15) is 48.5 Å². The molecule has 0 spiro atoms. The van der Waals surface area contributed by atoms with E-state index in [9.17, 15) is 4.79 Å². The van der Waals surface area contributed by atoms with Gasteiger partial charge in [0.15, 0.2) is 17.3 Å². The number of ether oxygens (including phenoxy) is 2. The van der Waals surface area contributed by atoms with Gasteiger partial charge in [-0.05, 0) is 46.7 Å². The monoisotopic (exact) mass is 526 g/mol. The Kier molecular flexibility index (Phi) is 7.09. The molecule has 1 aliphatic heterocycles. The maximum atomic E-state index is 13.3. The lowest BCUT2D eigenvalue weighted by molar-refractivity contribution is 0.155. The molecule has 2 aromatic carbocycles. The van der Waals surface area contributed by atoms with E-state index in [4.69, 9.17) is 13.9 Å². The van der Waals surface area contributed by atoms with Crippen LogP contribution in [0.4, 0.5) is 0 Å². The van der Waals surface area contributed by atoms with Crippen LogP contribution in [0.5, 0.6) is 11.5 Å². The van der Waals surface area contributed by atoms with Gasteiger partial charge in [-0.1, -0.05) is 43.7 Å². The van der Waals surface area contributed by atoms with Gasteiger partial charge in [-0.3, -0.25) is 9.69 Å². The van der Waals surface area contributed by atoms with Crippen molar-refractivity contribution in [3.05, 3.63) is 100.0 Å². The third kappa shape index (κ3) is 5.42. The third-order valence-electron chi connectivity index (χ3n) is 6.93. The van der Waals surface area contributed by atoms with Crippen LogP contribution in [0.3, 0.4) is 0 Å². The number of furan rings is 1. The minimum Gasteiger partial charge on any atom is -0.486 e. The number of hydrogen-bond acceptors (Lipinski definition) is 8. The van der Waals surface area contributed by atoms with Crippen molar-refractivity contribution in [2.75, 3.05) is 13.2 Å². The second-order valence-corrected chi connectivity index (χ2v) is 9.68. The lowest BCUT2D eigenvalue weighted by Gasteiger charge is -2.31. The number of tetrazole rings is 1. The predicted octanol–water partition coefficient (Wildman–Crippen LogP) is 4.47. The molecule has 0 unspecified atom stereocenters. The van der Waals surface area contributed by atoms with E-state index in [0.29, 0.717) is 49.9 Å². The SMILES string of the molecule is CCC[C@@H](c1nnnn1Cc1ccco1)N(Cc1ccccc1)Cc1cc2cc3c(cc2[nH]c1=O)OCCO3. The summed E-state index contributed by atoms with van der Waals surface area (Å²) in [6, 6.07) is 19.6. The summed E-state index contributed by atoms with van der Waals surface area (Å²) in [5.74, 6) is 2.85. The van der Waals surface area contributed by atoms with E-state index in [2.05, 4.69) is 44.5 Å². The smallest absolute Gasteiger partial charge is 0.252 e. The van der Waals surface area contributed by atoms with E-state index < -0.39 is 0 Å². The molecule has 0 bridgehead atoms. The summed E-state index contributed by atoms with van der Waals surface area (Å²) < 4.78 is 18.8. The molecule has 5 aromatic rings. The topological polar surface area (TPSA) is 111 Å². The Bertz CT molecular complexity index is 1600. The van der Waals surface area contributed by atoms with Crippen LogP contribution < -0.4 is 15.0 Å². The van der Waals surface area contributed by atoms with Gasteiger partial charge in [0.2, 0.25) is 0 Å². The highest BCUT2D eigenvalue weighted by atomic mass is 16.6. The lowest BCUT2D eigenvalue weighted by atomic mass is 10.1. The summed E-state index contributed by atoms with van der Waals surface area (Å²) >= 11 is 0. The molecule has 3 aromatic heterocycles. The average Bonchev–Trinajstić information content (AvgIpc) is 3.64. The Morgan fingerprint density at radius 1 is 1.03 bits per heavy atom. The van der Waals surface area contributed by atoms with Crippen molar-refractivity contribution in [2.45, 2.75) is 45.4 Å². The van der Waals surface area contributed by atoms with Crippen LogP contribution in [-0.2, 0) is 19.6 Å². The standard InChI is InChI=1S/C29H30N6O4/c1-2-7-25(28-31-32-33-35(28)19-23-10-6-11-37-23)34(17-20-8-4-3-5-9-20)18-22-14-21-15-26-27(39-13-12-38-26)16-24(21)30-29(22)36/h3-6,8-11,14-16,25H,2,7,12-13,17-19H2,1H3,(H,30,36)/t25-/m0/s1. The van der Waals surface area contributed by atoms with Crippen molar-refractivity contribution >= 4 is 10.9 Å². The minimum absolute atomic E-state index is 0.129. The predicted molar refractivity (Wildman–Crippen MR) is 145 cm³/mol. The number of hydrogen-bond donors (Lipinski definition) is 1. The van der Waals surface area contributed by atoms with E-state index >= 15 is 0 Å². The number of pyridine rings is 1. The van der Waals surface area contributed by atoms with Crippen molar-refractivity contribution in [3.63, 3.8) is 0 Å². The number of nitrogens with zero attached hydrogens (tertiary/aromatic N) is 5. The highest BCUT2D eigenvalue weighted by molar-refractivity contribution is 5.83. The lowest BCUT2D eigenvalue weighted by Crippen LogP contribution is -2.32. The van der Waals surface area contributed by atoms with Gasteiger partial charge in [0.1, 0.15) is 25.5 Å². The van der Waals surface area contributed by atoms with Gasteiger partial charge >= 0.3 is 0 Å². The Hall–Kier alpha value is -4.44. The molecule has 0 amide bonds. The van der Waals surface area contributed by atoms with Crippen molar-refractivity contribution in [2.24, 2.45) is 0 Å². The van der Waals surface area contributed by atoms with Crippen molar-refractivity contribution in [1.82, 2.24) is 30.1 Å². The highest BCUT2D eigenvalue weighted by Crippen LogP contribution is 2.34. The second-order valence-electron chi connectivity index (χ2n) is 9.68. The molecule has 1 atom stereocenters. The summed E-state index contributed by atoms with van der Waals surface area (Å²) in [5, 5.41) is 13.6. The summed E-state index contributed by atoms with van der Waals surface area (Å²) in [6.07, 6.45) is 3.38. The van der Waals surface area contributed by atoms with Gasteiger partial charge in [0.25, 0.3) is 5.56 Å². The number of nitrogens with one attached hydrogen (secondary N) is 1. The molecule has 0 radical (unpaired) electrons. The average molecular weight is 527 g/mol. The number of benzene rings is 2. The zero-order valence-electron chi connectivity index (χ0n) is 21.7. The van der Waals surface area contributed by atoms with Gasteiger partial charge in [0.05, 0.1) is 17.8 Å². The number of fused-ring (bicyclic) bond motifs is 2. The van der Waals surface area contributed by atoms with Crippen LogP contribution in [0.15, 0.2) is 76.1 Å². The molecule has 10 heteroatoms. The second kappa shape index (κ2) is 11.1. The summed E-state index contributed by atoms with van der Waals surface area (Å²) in [7, 11) is 0. The van der Waals surface area contributed by atoms with Gasteiger partial charge in [-0.25, -0.2) is 4.68 Å². The van der Waals surface area contributed by atoms with Crippen LogP contribution in [0.25, 0.3) is 10.9 Å². The number of aromatic nitrogens is 5. The molecule has 10 nitrogen and oxygen atoms in total. The normalized spacial score (nSPS) is 13.7. The first-order chi connectivity index (χ1) is 19.2. The molecule has 1 N–H and O–H groups in total. The number of rotatable bonds is 10.